The largest absolute Gasteiger partial charge is 0.496 e. The van der Waals surface area contributed by atoms with Crippen molar-refractivity contribution in [3.05, 3.63) is 94.3 Å². The molecule has 1 unspecified atom stereocenters. The van der Waals surface area contributed by atoms with E-state index < -0.39 is 53.1 Å². The highest BCUT2D eigenvalue weighted by molar-refractivity contribution is 5.78. The second kappa shape index (κ2) is 11.6. The number of alkyl halides is 6. The van der Waals surface area contributed by atoms with Gasteiger partial charge in [-0.2, -0.15) is 26.3 Å². The van der Waals surface area contributed by atoms with E-state index in [4.69, 9.17) is 9.47 Å². The number of ether oxygens (including phenoxy) is 2. The van der Waals surface area contributed by atoms with Gasteiger partial charge in [0.15, 0.2) is 0 Å². The molecule has 3 aromatic rings. The first-order valence-corrected chi connectivity index (χ1v) is 13.4. The Kier molecular flexibility index (Phi) is 8.59. The molecule has 4 rings (SSSR count). The molecule has 1 aliphatic heterocycles. The van der Waals surface area contributed by atoms with Crippen molar-refractivity contribution in [2.75, 3.05) is 7.11 Å². The molecule has 0 N–H and O–H groups in total. The normalized spacial score (nSPS) is 17.4. The Labute approximate surface area is 244 Å². The number of allylic oxidation sites excluding steroid dienone is 1. The monoisotopic (exact) mass is 609 g/mol. The topological polar surface area (TPSA) is 38.8 Å². The lowest BCUT2D eigenvalue weighted by Crippen LogP contribution is -2.31. The summed E-state index contributed by atoms with van der Waals surface area (Å²) in [6.45, 7) is 10.8. The smallest absolute Gasteiger partial charge is 0.416 e. The van der Waals surface area contributed by atoms with Crippen molar-refractivity contribution in [2.24, 2.45) is 0 Å². The fraction of sp³-hybridized carbons (Fsp3) is 0.344. The van der Waals surface area contributed by atoms with E-state index in [2.05, 4.69) is 6.58 Å². The van der Waals surface area contributed by atoms with Crippen LogP contribution in [-0.4, -0.2) is 24.1 Å². The number of cyclic esters (lactones) is 1. The van der Waals surface area contributed by atoms with Gasteiger partial charge < -0.3 is 9.47 Å². The number of methoxy groups -OCH3 is 1. The molecule has 1 aliphatic rings. The third-order valence-electron chi connectivity index (χ3n) is 7.50. The molecule has 0 aromatic heterocycles. The molecular weight excluding hydrogens is 579 g/mol. The molecule has 0 radical (unpaired) electrons. The van der Waals surface area contributed by atoms with Crippen molar-refractivity contribution in [3.8, 4) is 16.9 Å². The van der Waals surface area contributed by atoms with Crippen molar-refractivity contribution in [2.45, 2.75) is 64.7 Å². The minimum Gasteiger partial charge on any atom is -0.496 e. The summed E-state index contributed by atoms with van der Waals surface area (Å²) in [7, 11) is 1.39. The molecule has 0 saturated carbocycles. The summed E-state index contributed by atoms with van der Waals surface area (Å²) in [6.07, 6.45) is -12.4. The van der Waals surface area contributed by atoms with E-state index in [0.29, 0.717) is 40.0 Å². The molecule has 230 valence electrons. The summed E-state index contributed by atoms with van der Waals surface area (Å²) in [4.78, 5) is 14.3. The third kappa shape index (κ3) is 6.50. The summed E-state index contributed by atoms with van der Waals surface area (Å²) in [6, 6.07) is 8.49. The van der Waals surface area contributed by atoms with Gasteiger partial charge in [0.2, 0.25) is 0 Å². The Hall–Kier alpha value is -4.02. The average molecular weight is 610 g/mol. The number of benzene rings is 3. The van der Waals surface area contributed by atoms with Crippen LogP contribution in [0.25, 0.3) is 16.7 Å². The molecule has 0 aliphatic carbocycles. The van der Waals surface area contributed by atoms with Gasteiger partial charge in [0.25, 0.3) is 0 Å². The number of hydrogen-bond acceptors (Lipinski definition) is 3. The number of rotatable bonds is 7. The van der Waals surface area contributed by atoms with Crippen molar-refractivity contribution < 1.29 is 45.0 Å². The molecule has 2 atom stereocenters. The van der Waals surface area contributed by atoms with Gasteiger partial charge in [0.05, 0.1) is 30.8 Å². The van der Waals surface area contributed by atoms with E-state index in [-0.39, 0.29) is 24.3 Å². The van der Waals surface area contributed by atoms with Crippen LogP contribution in [0.4, 0.5) is 35.5 Å². The molecule has 0 spiro atoms. The van der Waals surface area contributed by atoms with E-state index in [1.54, 1.807) is 31.2 Å². The second-order valence-corrected chi connectivity index (χ2v) is 10.9. The van der Waals surface area contributed by atoms with Gasteiger partial charge in [-0.25, -0.2) is 9.18 Å². The lowest BCUT2D eigenvalue weighted by atomic mass is 9.91. The number of carbonyl (C=O) groups is 1. The van der Waals surface area contributed by atoms with Crippen LogP contribution < -0.4 is 4.74 Å². The molecule has 1 heterocycles. The van der Waals surface area contributed by atoms with Gasteiger partial charge in [-0.3, -0.25) is 4.90 Å². The number of amides is 1. The Balaban J connectivity index is 1.80. The predicted molar refractivity (Wildman–Crippen MR) is 148 cm³/mol. The number of halogens is 7. The van der Waals surface area contributed by atoms with Crippen molar-refractivity contribution in [1.82, 2.24) is 4.90 Å². The minimum atomic E-state index is -5.05. The van der Waals surface area contributed by atoms with E-state index >= 15 is 0 Å². The third-order valence-corrected chi connectivity index (χ3v) is 7.50. The molecule has 11 heteroatoms. The first-order valence-electron chi connectivity index (χ1n) is 13.4. The Morgan fingerprint density at radius 3 is 2.09 bits per heavy atom. The van der Waals surface area contributed by atoms with Crippen LogP contribution in [0, 0.1) is 5.82 Å². The Bertz CT molecular complexity index is 1530. The Morgan fingerprint density at radius 1 is 0.977 bits per heavy atom. The highest BCUT2D eigenvalue weighted by Gasteiger charge is 2.43. The lowest BCUT2D eigenvalue weighted by molar-refractivity contribution is -0.143. The van der Waals surface area contributed by atoms with Crippen molar-refractivity contribution >= 4 is 11.7 Å². The van der Waals surface area contributed by atoms with Gasteiger partial charge in [-0.15, -0.1) is 0 Å². The van der Waals surface area contributed by atoms with Crippen molar-refractivity contribution in [1.29, 1.82) is 0 Å². The zero-order valence-electron chi connectivity index (χ0n) is 24.1. The predicted octanol–water partition coefficient (Wildman–Crippen LogP) is 9.78. The summed E-state index contributed by atoms with van der Waals surface area (Å²) in [5.41, 5.74) is 0.136. The zero-order chi connectivity index (χ0) is 32.0. The van der Waals surface area contributed by atoms with Crippen LogP contribution in [0.2, 0.25) is 0 Å². The first kappa shape index (κ1) is 31.9. The quantitative estimate of drug-likeness (QED) is 0.250. The van der Waals surface area contributed by atoms with Crippen LogP contribution >= 0.6 is 0 Å². The summed E-state index contributed by atoms with van der Waals surface area (Å²) >= 11 is 0. The number of carbonyl (C=O) groups excluding carboxylic acids is 1. The van der Waals surface area contributed by atoms with Gasteiger partial charge in [-0.05, 0) is 77.9 Å². The molecular formula is C32H30F7NO3. The summed E-state index contributed by atoms with van der Waals surface area (Å²) < 4.78 is 107. The maximum atomic E-state index is 14.8. The van der Waals surface area contributed by atoms with E-state index in [9.17, 15) is 35.5 Å². The van der Waals surface area contributed by atoms with Crippen LogP contribution in [0.15, 0.2) is 55.1 Å². The Morgan fingerprint density at radius 2 is 1.58 bits per heavy atom. The van der Waals surface area contributed by atoms with Gasteiger partial charge in [-0.1, -0.05) is 38.1 Å². The standard InChI is InChI=1S/C32H30F7NO3/c1-16(2)19-7-8-24(26-13-25(17(3)4)27(33)14-28(26)42-6)21(9-19)15-40-18(5)29(43-30(40)41)20-10-22(31(34,35)36)12-23(11-20)32(37,38)39/h7-14,17-18,29H,1,15H2,2-6H3/t18-,29?/m0/s1. The maximum absolute atomic E-state index is 14.8. The number of nitrogens with zero attached hydrogens (tertiary/aromatic N) is 1. The van der Waals surface area contributed by atoms with Gasteiger partial charge in [0.1, 0.15) is 17.7 Å². The van der Waals surface area contributed by atoms with Crippen LogP contribution in [0.3, 0.4) is 0 Å². The summed E-state index contributed by atoms with van der Waals surface area (Å²) in [5, 5.41) is 0. The summed E-state index contributed by atoms with van der Waals surface area (Å²) in [5.74, 6) is -0.370. The first-order chi connectivity index (χ1) is 19.9. The highest BCUT2D eigenvalue weighted by atomic mass is 19.4. The highest BCUT2D eigenvalue weighted by Crippen LogP contribution is 2.43. The SMILES string of the molecule is C=C(C)c1ccc(-c2cc(C(C)C)c(F)cc2OC)c(CN2C(=O)OC(c3cc(C(F)(F)F)cc(C(F)(F)F)c3)[C@@H]2C)c1. The zero-order valence-corrected chi connectivity index (χ0v) is 24.1. The van der Waals surface area contributed by atoms with E-state index in [0.717, 1.165) is 5.56 Å². The molecule has 43 heavy (non-hydrogen) atoms. The maximum Gasteiger partial charge on any atom is 0.416 e. The lowest BCUT2D eigenvalue weighted by Gasteiger charge is -2.24. The van der Waals surface area contributed by atoms with Gasteiger partial charge >= 0.3 is 18.4 Å². The average Bonchev–Trinajstić information content (AvgIpc) is 3.19. The molecule has 0 bridgehead atoms. The van der Waals surface area contributed by atoms with Crippen LogP contribution in [0.1, 0.15) is 73.1 Å². The number of hydrogen-bond donors (Lipinski definition) is 0. The van der Waals surface area contributed by atoms with E-state index in [1.165, 1.54) is 25.0 Å². The molecule has 1 saturated heterocycles. The molecule has 3 aromatic carbocycles. The van der Waals surface area contributed by atoms with Crippen LogP contribution in [-0.2, 0) is 23.6 Å². The molecule has 4 nitrogen and oxygen atoms in total. The second-order valence-electron chi connectivity index (χ2n) is 10.9. The van der Waals surface area contributed by atoms with Crippen LogP contribution in [0.5, 0.6) is 5.75 Å². The minimum absolute atomic E-state index is 0.0274. The van der Waals surface area contributed by atoms with Crippen molar-refractivity contribution in [3.63, 3.8) is 0 Å². The van der Waals surface area contributed by atoms with E-state index in [1.807, 2.05) is 13.8 Å². The molecule has 1 fully saturated rings. The fourth-order valence-electron chi connectivity index (χ4n) is 5.13. The fourth-order valence-corrected chi connectivity index (χ4v) is 5.13. The van der Waals surface area contributed by atoms with Gasteiger partial charge in [0, 0.05) is 11.6 Å². The molecule has 1 amide bonds.